The van der Waals surface area contributed by atoms with Gasteiger partial charge in [-0.3, -0.25) is 0 Å². The maximum Gasteiger partial charge on any atom is 0.122 e. The Morgan fingerprint density at radius 1 is 1.37 bits per heavy atom. The zero-order valence-corrected chi connectivity index (χ0v) is 11.9. The summed E-state index contributed by atoms with van der Waals surface area (Å²) in [7, 11) is 0. The Labute approximate surface area is 116 Å². The van der Waals surface area contributed by atoms with E-state index in [0.717, 1.165) is 17.7 Å². The SMILES string of the molecule is C=CCc1ccccc1OCC(O)CNC(C)C.N. The first-order valence-electron chi connectivity index (χ1n) is 6.36. The van der Waals surface area contributed by atoms with Crippen LogP contribution >= 0.6 is 0 Å². The van der Waals surface area contributed by atoms with Crippen LogP contribution in [0.5, 0.6) is 5.75 Å². The number of ether oxygens (including phenoxy) is 1. The van der Waals surface area contributed by atoms with Crippen LogP contribution < -0.4 is 16.2 Å². The van der Waals surface area contributed by atoms with Crippen LogP contribution in [0.15, 0.2) is 36.9 Å². The fraction of sp³-hybridized carbons (Fsp3) is 0.467. The normalized spacial score (nSPS) is 11.8. The molecule has 19 heavy (non-hydrogen) atoms. The zero-order chi connectivity index (χ0) is 13.4. The van der Waals surface area contributed by atoms with Gasteiger partial charge in [0.05, 0.1) is 0 Å². The first-order chi connectivity index (χ1) is 8.63. The first kappa shape index (κ1) is 17.6. The molecule has 5 N–H and O–H groups in total. The predicted octanol–water partition coefficient (Wildman–Crippen LogP) is 2.31. The summed E-state index contributed by atoms with van der Waals surface area (Å²) in [6.07, 6.45) is 2.12. The third-order valence-corrected chi connectivity index (χ3v) is 2.53. The first-order valence-corrected chi connectivity index (χ1v) is 6.36. The standard InChI is InChI=1S/C15H23NO2.H3N/c1-4-7-13-8-5-6-9-15(13)18-11-14(17)10-16-12(2)3;/h4-6,8-9,12,14,16-17H,1,7,10-11H2,2-3H3;1H3. The second kappa shape index (κ2) is 9.55. The lowest BCUT2D eigenvalue weighted by molar-refractivity contribution is 0.104. The molecular formula is C15H26N2O2. The maximum absolute atomic E-state index is 9.77. The molecule has 4 nitrogen and oxygen atoms in total. The Bertz CT molecular complexity index is 367. The summed E-state index contributed by atoms with van der Waals surface area (Å²) in [5.74, 6) is 0.820. The summed E-state index contributed by atoms with van der Waals surface area (Å²) in [6.45, 7) is 8.67. The molecule has 0 aliphatic heterocycles. The van der Waals surface area contributed by atoms with Crippen LogP contribution in [0, 0.1) is 0 Å². The van der Waals surface area contributed by atoms with E-state index < -0.39 is 6.10 Å². The van der Waals surface area contributed by atoms with Crippen molar-refractivity contribution in [1.29, 1.82) is 0 Å². The Kier molecular flexibility index (Phi) is 8.87. The number of hydrogen-bond donors (Lipinski definition) is 3. The molecule has 1 atom stereocenters. The molecule has 0 aliphatic rings. The number of aliphatic hydroxyl groups excluding tert-OH is 1. The monoisotopic (exact) mass is 266 g/mol. The van der Waals surface area contributed by atoms with Gasteiger partial charge in [0.15, 0.2) is 0 Å². The molecule has 0 fully saturated rings. The highest BCUT2D eigenvalue weighted by atomic mass is 16.5. The third-order valence-electron chi connectivity index (χ3n) is 2.53. The van der Waals surface area contributed by atoms with Crippen LogP contribution in [-0.4, -0.2) is 30.4 Å². The van der Waals surface area contributed by atoms with Crippen molar-refractivity contribution < 1.29 is 9.84 Å². The minimum atomic E-state index is -0.496. The largest absolute Gasteiger partial charge is 0.491 e. The zero-order valence-electron chi connectivity index (χ0n) is 11.9. The lowest BCUT2D eigenvalue weighted by Crippen LogP contribution is -2.35. The summed E-state index contributed by atoms with van der Waals surface area (Å²) in [6, 6.07) is 8.20. The third kappa shape index (κ3) is 6.96. The van der Waals surface area contributed by atoms with Crippen molar-refractivity contribution in [3.8, 4) is 5.75 Å². The Hall–Kier alpha value is -1.36. The summed E-state index contributed by atoms with van der Waals surface area (Å²) in [4.78, 5) is 0. The van der Waals surface area contributed by atoms with Crippen molar-refractivity contribution in [2.45, 2.75) is 32.4 Å². The van der Waals surface area contributed by atoms with Gasteiger partial charge in [-0.2, -0.15) is 0 Å². The van der Waals surface area contributed by atoms with Crippen LogP contribution in [0.4, 0.5) is 0 Å². The number of para-hydroxylation sites is 1. The van der Waals surface area contributed by atoms with E-state index in [4.69, 9.17) is 4.74 Å². The molecule has 0 aliphatic carbocycles. The van der Waals surface area contributed by atoms with Gasteiger partial charge in [-0.25, -0.2) is 0 Å². The maximum atomic E-state index is 9.77. The smallest absolute Gasteiger partial charge is 0.122 e. The highest BCUT2D eigenvalue weighted by Gasteiger charge is 2.07. The van der Waals surface area contributed by atoms with Crippen molar-refractivity contribution in [1.82, 2.24) is 11.5 Å². The quantitative estimate of drug-likeness (QED) is 0.631. The van der Waals surface area contributed by atoms with Gasteiger partial charge in [0.2, 0.25) is 0 Å². The average Bonchev–Trinajstić information content (AvgIpc) is 2.35. The van der Waals surface area contributed by atoms with Crippen LogP contribution in [-0.2, 0) is 6.42 Å². The second-order valence-electron chi connectivity index (χ2n) is 4.63. The molecule has 108 valence electrons. The van der Waals surface area contributed by atoms with Crippen LogP contribution in [0.3, 0.4) is 0 Å². The van der Waals surface area contributed by atoms with Crippen molar-refractivity contribution >= 4 is 0 Å². The molecule has 0 saturated carbocycles. The lowest BCUT2D eigenvalue weighted by Gasteiger charge is -2.16. The Balaban J connectivity index is 0.00000324. The fourth-order valence-corrected chi connectivity index (χ4v) is 1.59. The van der Waals surface area contributed by atoms with Crippen molar-refractivity contribution in [3.63, 3.8) is 0 Å². The van der Waals surface area contributed by atoms with Crippen molar-refractivity contribution in [3.05, 3.63) is 42.5 Å². The second-order valence-corrected chi connectivity index (χ2v) is 4.63. The molecule has 0 spiro atoms. The summed E-state index contributed by atoms with van der Waals surface area (Å²) in [5, 5.41) is 12.9. The number of nitrogens with one attached hydrogen (secondary N) is 1. The van der Waals surface area contributed by atoms with Gasteiger partial charge in [0, 0.05) is 12.6 Å². The number of hydrogen-bond acceptors (Lipinski definition) is 4. The van der Waals surface area contributed by atoms with Gasteiger partial charge in [0.25, 0.3) is 0 Å². The fourth-order valence-electron chi connectivity index (χ4n) is 1.59. The van der Waals surface area contributed by atoms with E-state index in [1.165, 1.54) is 0 Å². The molecule has 0 amide bonds. The minimum absolute atomic E-state index is 0. The molecule has 0 bridgehead atoms. The van der Waals surface area contributed by atoms with Crippen LogP contribution in [0.25, 0.3) is 0 Å². The van der Waals surface area contributed by atoms with Crippen LogP contribution in [0.1, 0.15) is 19.4 Å². The van der Waals surface area contributed by atoms with E-state index in [9.17, 15) is 5.11 Å². The minimum Gasteiger partial charge on any atom is -0.491 e. The van der Waals surface area contributed by atoms with Gasteiger partial charge < -0.3 is 21.3 Å². The van der Waals surface area contributed by atoms with E-state index in [1.807, 2.05) is 44.2 Å². The van der Waals surface area contributed by atoms with Crippen LogP contribution in [0.2, 0.25) is 0 Å². The van der Waals surface area contributed by atoms with Gasteiger partial charge in [-0.05, 0) is 18.1 Å². The van der Waals surface area contributed by atoms with E-state index in [0.29, 0.717) is 19.2 Å². The van der Waals surface area contributed by atoms with E-state index in [-0.39, 0.29) is 6.15 Å². The topological polar surface area (TPSA) is 76.5 Å². The molecular weight excluding hydrogens is 240 g/mol. The number of aliphatic hydroxyl groups is 1. The number of rotatable bonds is 8. The molecule has 1 aromatic carbocycles. The van der Waals surface area contributed by atoms with E-state index in [1.54, 1.807) is 0 Å². The average molecular weight is 266 g/mol. The highest BCUT2D eigenvalue weighted by Crippen LogP contribution is 2.18. The van der Waals surface area contributed by atoms with Crippen molar-refractivity contribution in [2.75, 3.05) is 13.2 Å². The molecule has 1 rings (SSSR count). The summed E-state index contributed by atoms with van der Waals surface area (Å²) in [5.41, 5.74) is 1.09. The van der Waals surface area contributed by atoms with Gasteiger partial charge in [-0.15, -0.1) is 6.58 Å². The molecule has 0 aromatic heterocycles. The lowest BCUT2D eigenvalue weighted by atomic mass is 10.1. The Morgan fingerprint density at radius 2 is 2.05 bits per heavy atom. The van der Waals surface area contributed by atoms with Gasteiger partial charge in [0.1, 0.15) is 18.5 Å². The molecule has 0 heterocycles. The molecule has 1 aromatic rings. The molecule has 0 saturated heterocycles. The molecule has 4 heteroatoms. The predicted molar refractivity (Wildman–Crippen MR) is 80.0 cm³/mol. The summed E-state index contributed by atoms with van der Waals surface area (Å²) >= 11 is 0. The Morgan fingerprint density at radius 3 is 2.68 bits per heavy atom. The molecule has 0 radical (unpaired) electrons. The van der Waals surface area contributed by atoms with E-state index >= 15 is 0 Å². The van der Waals surface area contributed by atoms with Crippen molar-refractivity contribution in [2.24, 2.45) is 0 Å². The number of benzene rings is 1. The number of allylic oxidation sites excluding steroid dienone is 1. The van der Waals surface area contributed by atoms with Gasteiger partial charge in [-0.1, -0.05) is 38.1 Å². The van der Waals surface area contributed by atoms with Gasteiger partial charge >= 0.3 is 0 Å². The molecule has 1 unspecified atom stereocenters. The van der Waals surface area contributed by atoms with E-state index in [2.05, 4.69) is 11.9 Å². The highest BCUT2D eigenvalue weighted by molar-refractivity contribution is 5.34. The summed E-state index contributed by atoms with van der Waals surface area (Å²) < 4.78 is 5.65.